The topological polar surface area (TPSA) is 62.4 Å². The first-order chi connectivity index (χ1) is 6.33. The van der Waals surface area contributed by atoms with Crippen LogP contribution in [0.1, 0.15) is 25.3 Å². The maximum Gasteiger partial charge on any atom is 0.172 e. The normalized spacial score (nSPS) is 19.7. The van der Waals surface area contributed by atoms with Crippen molar-refractivity contribution in [1.29, 1.82) is 0 Å². The Balaban J connectivity index is 2.37. The molecule has 5 heteroatoms. The molecule has 2 rings (SSSR count). The molecule has 5 nitrogen and oxygen atoms in total. The second-order valence-corrected chi connectivity index (χ2v) is 2.97. The van der Waals surface area contributed by atoms with Gasteiger partial charge in [0.2, 0.25) is 0 Å². The van der Waals surface area contributed by atoms with Crippen LogP contribution in [0.15, 0.2) is 11.3 Å². The van der Waals surface area contributed by atoms with Gasteiger partial charge in [0.05, 0.1) is 12.7 Å². The second-order valence-electron chi connectivity index (χ2n) is 2.97. The fourth-order valence-corrected chi connectivity index (χ4v) is 1.38. The molecule has 0 saturated heterocycles. The van der Waals surface area contributed by atoms with Gasteiger partial charge in [0.15, 0.2) is 12.0 Å². The number of aliphatic hydroxyl groups excluding tert-OH is 1. The van der Waals surface area contributed by atoms with Crippen molar-refractivity contribution in [2.75, 3.05) is 0 Å². The standard InChI is InChI=1S/C8H12N4O/c1-2-3-12-5-11-6-7(12)9-4-10-8(6)13/h4-5,8,13H,2-3H2,1H3,(H,9,10). The Bertz CT molecular complexity index is 331. The largest absolute Gasteiger partial charge is 0.368 e. The van der Waals surface area contributed by atoms with Gasteiger partial charge in [0, 0.05) is 6.54 Å². The molecule has 13 heavy (non-hydrogen) atoms. The Labute approximate surface area is 76.1 Å². The van der Waals surface area contributed by atoms with Crippen LogP contribution in [-0.4, -0.2) is 21.0 Å². The molecule has 1 aliphatic rings. The quantitative estimate of drug-likeness (QED) is 0.698. The van der Waals surface area contributed by atoms with Crippen LogP contribution in [0.25, 0.3) is 0 Å². The molecule has 0 radical (unpaired) electrons. The molecule has 0 amide bonds. The molecule has 1 aromatic heterocycles. The van der Waals surface area contributed by atoms with E-state index in [1.54, 1.807) is 6.33 Å². The minimum Gasteiger partial charge on any atom is -0.368 e. The highest BCUT2D eigenvalue weighted by atomic mass is 16.3. The summed E-state index contributed by atoms with van der Waals surface area (Å²) in [4.78, 5) is 8.22. The number of aromatic nitrogens is 2. The van der Waals surface area contributed by atoms with Crippen LogP contribution in [0.3, 0.4) is 0 Å². The lowest BCUT2D eigenvalue weighted by atomic mass is 10.3. The predicted molar refractivity (Wildman–Crippen MR) is 48.8 cm³/mol. The van der Waals surface area contributed by atoms with E-state index in [1.807, 2.05) is 4.57 Å². The summed E-state index contributed by atoms with van der Waals surface area (Å²) in [6, 6.07) is 0. The number of nitrogens with zero attached hydrogens (tertiary/aromatic N) is 3. The predicted octanol–water partition coefficient (Wildman–Crippen LogP) is 0.547. The molecule has 1 aliphatic heterocycles. The van der Waals surface area contributed by atoms with Gasteiger partial charge in [-0.15, -0.1) is 0 Å². The first-order valence-corrected chi connectivity index (χ1v) is 4.34. The molecule has 0 aliphatic carbocycles. The van der Waals surface area contributed by atoms with E-state index >= 15 is 0 Å². The van der Waals surface area contributed by atoms with Gasteiger partial charge in [-0.2, -0.15) is 0 Å². The Morgan fingerprint density at radius 2 is 2.54 bits per heavy atom. The maximum atomic E-state index is 9.46. The van der Waals surface area contributed by atoms with Crippen LogP contribution >= 0.6 is 0 Å². The summed E-state index contributed by atoms with van der Waals surface area (Å²) in [5, 5.41) is 12.1. The third kappa shape index (κ3) is 1.31. The summed E-state index contributed by atoms with van der Waals surface area (Å²) in [5.41, 5.74) is 0.607. The van der Waals surface area contributed by atoms with Gasteiger partial charge in [-0.3, -0.25) is 0 Å². The van der Waals surface area contributed by atoms with Crippen molar-refractivity contribution < 1.29 is 5.11 Å². The van der Waals surface area contributed by atoms with Crippen molar-refractivity contribution >= 4 is 12.2 Å². The molecular weight excluding hydrogens is 168 g/mol. The first kappa shape index (κ1) is 8.25. The van der Waals surface area contributed by atoms with Crippen LogP contribution < -0.4 is 5.32 Å². The van der Waals surface area contributed by atoms with Gasteiger partial charge in [-0.25, -0.2) is 9.98 Å². The van der Waals surface area contributed by atoms with Gasteiger partial charge in [0.25, 0.3) is 0 Å². The molecule has 0 fully saturated rings. The zero-order valence-corrected chi connectivity index (χ0v) is 7.44. The number of aliphatic hydroxyl groups is 1. The molecule has 1 atom stereocenters. The highest BCUT2D eigenvalue weighted by Gasteiger charge is 2.19. The van der Waals surface area contributed by atoms with Crippen LogP contribution in [-0.2, 0) is 6.54 Å². The third-order valence-corrected chi connectivity index (χ3v) is 1.98. The fourth-order valence-electron chi connectivity index (χ4n) is 1.38. The Hall–Kier alpha value is -1.36. The van der Waals surface area contributed by atoms with Crippen LogP contribution in [0.2, 0.25) is 0 Å². The first-order valence-electron chi connectivity index (χ1n) is 4.34. The average molecular weight is 180 g/mol. The van der Waals surface area contributed by atoms with Gasteiger partial charge in [-0.1, -0.05) is 6.92 Å². The number of aliphatic imine (C=N–C) groups is 1. The van der Waals surface area contributed by atoms with Gasteiger partial charge in [0.1, 0.15) is 5.69 Å². The maximum absolute atomic E-state index is 9.46. The van der Waals surface area contributed by atoms with Crippen molar-refractivity contribution in [3.63, 3.8) is 0 Å². The van der Waals surface area contributed by atoms with Gasteiger partial charge >= 0.3 is 0 Å². The molecule has 1 unspecified atom stereocenters. The number of fused-ring (bicyclic) bond motifs is 1. The number of imidazole rings is 1. The number of nitrogens with one attached hydrogen (secondary N) is 1. The van der Waals surface area contributed by atoms with E-state index in [1.165, 1.54) is 6.34 Å². The summed E-state index contributed by atoms with van der Waals surface area (Å²) >= 11 is 0. The summed E-state index contributed by atoms with van der Waals surface area (Å²) < 4.78 is 1.94. The lowest BCUT2D eigenvalue weighted by Gasteiger charge is -2.14. The van der Waals surface area contributed by atoms with Crippen LogP contribution in [0.4, 0.5) is 5.82 Å². The zero-order valence-electron chi connectivity index (χ0n) is 7.44. The Kier molecular flexibility index (Phi) is 2.02. The van der Waals surface area contributed by atoms with E-state index in [9.17, 15) is 5.11 Å². The van der Waals surface area contributed by atoms with E-state index in [0.717, 1.165) is 18.8 Å². The number of aryl methyl sites for hydroxylation is 1. The minimum absolute atomic E-state index is 0.607. The lowest BCUT2D eigenvalue weighted by molar-refractivity contribution is 0.159. The minimum atomic E-state index is -0.717. The van der Waals surface area contributed by atoms with Crippen molar-refractivity contribution in [2.24, 2.45) is 4.99 Å². The van der Waals surface area contributed by atoms with E-state index < -0.39 is 6.23 Å². The van der Waals surface area contributed by atoms with E-state index in [4.69, 9.17) is 0 Å². The van der Waals surface area contributed by atoms with Gasteiger partial charge < -0.3 is 15.0 Å². The van der Waals surface area contributed by atoms with E-state index in [2.05, 4.69) is 22.2 Å². The summed E-state index contributed by atoms with van der Waals surface area (Å²) in [6.07, 6.45) is 3.52. The highest BCUT2D eigenvalue weighted by Crippen LogP contribution is 2.25. The Morgan fingerprint density at radius 1 is 1.69 bits per heavy atom. The molecule has 1 aromatic rings. The molecule has 0 saturated carbocycles. The zero-order chi connectivity index (χ0) is 9.26. The van der Waals surface area contributed by atoms with Crippen molar-refractivity contribution in [1.82, 2.24) is 14.9 Å². The molecule has 0 aromatic carbocycles. The van der Waals surface area contributed by atoms with Gasteiger partial charge in [-0.05, 0) is 6.42 Å². The van der Waals surface area contributed by atoms with Crippen molar-refractivity contribution in [3.8, 4) is 0 Å². The van der Waals surface area contributed by atoms with E-state index in [0.29, 0.717) is 5.69 Å². The van der Waals surface area contributed by atoms with Crippen LogP contribution in [0.5, 0.6) is 0 Å². The SMILES string of the molecule is CCCn1cnc2c1N=CNC2O. The molecule has 0 spiro atoms. The molecule has 70 valence electrons. The smallest absolute Gasteiger partial charge is 0.172 e. The summed E-state index contributed by atoms with van der Waals surface area (Å²) in [6.45, 7) is 2.97. The van der Waals surface area contributed by atoms with Crippen molar-refractivity contribution in [2.45, 2.75) is 26.1 Å². The second kappa shape index (κ2) is 3.18. The lowest BCUT2D eigenvalue weighted by Crippen LogP contribution is -2.22. The molecule has 2 heterocycles. The van der Waals surface area contributed by atoms with E-state index in [-0.39, 0.29) is 0 Å². The number of hydrogen-bond donors (Lipinski definition) is 2. The summed E-state index contributed by atoms with van der Waals surface area (Å²) in [7, 11) is 0. The number of hydrogen-bond acceptors (Lipinski definition) is 4. The monoisotopic (exact) mass is 180 g/mol. The fraction of sp³-hybridized carbons (Fsp3) is 0.500. The molecule has 2 N–H and O–H groups in total. The molecular formula is C8H12N4O. The summed E-state index contributed by atoms with van der Waals surface area (Å²) in [5.74, 6) is 0.758. The molecule has 0 bridgehead atoms. The average Bonchev–Trinajstić information content (AvgIpc) is 2.51. The number of rotatable bonds is 2. The van der Waals surface area contributed by atoms with Crippen LogP contribution in [0, 0.1) is 0 Å². The Morgan fingerprint density at radius 3 is 3.31 bits per heavy atom. The van der Waals surface area contributed by atoms with Crippen molar-refractivity contribution in [3.05, 3.63) is 12.0 Å². The third-order valence-electron chi connectivity index (χ3n) is 1.98. The highest BCUT2D eigenvalue weighted by molar-refractivity contribution is 5.64.